The molecule has 1 aromatic rings. The highest BCUT2D eigenvalue weighted by Crippen LogP contribution is 2.31. The maximum absolute atomic E-state index is 11.2. The molecule has 0 spiro atoms. The Labute approximate surface area is 85.0 Å². The smallest absolute Gasteiger partial charge is 0.314 e. The second-order valence-corrected chi connectivity index (χ2v) is 4.07. The van der Waals surface area contributed by atoms with Gasteiger partial charge in [0.25, 0.3) is 0 Å². The van der Waals surface area contributed by atoms with Gasteiger partial charge in [-0.25, -0.2) is 0 Å². The molecule has 0 aromatic heterocycles. The van der Waals surface area contributed by atoms with Crippen molar-refractivity contribution in [2.45, 2.75) is 12.8 Å². The topological polar surface area (TPSA) is 26.3 Å². The molecule has 13 heavy (non-hydrogen) atoms. The first-order valence-corrected chi connectivity index (χ1v) is 5.02. The van der Waals surface area contributed by atoms with Crippen LogP contribution < -0.4 is 4.74 Å². The van der Waals surface area contributed by atoms with Crippen LogP contribution in [0.4, 0.5) is 0 Å². The zero-order valence-electron chi connectivity index (χ0n) is 7.00. The predicted molar refractivity (Wildman–Crippen MR) is 52.5 cm³/mol. The normalized spacial score (nSPS) is 15.5. The van der Waals surface area contributed by atoms with E-state index < -0.39 is 0 Å². The van der Waals surface area contributed by atoms with Crippen molar-refractivity contribution >= 4 is 21.9 Å². The Balaban J connectivity index is 2.04. The summed E-state index contributed by atoms with van der Waals surface area (Å²) in [6.07, 6.45) is 1.96. The Kier molecular flexibility index (Phi) is 2.36. The molecule has 0 atom stereocenters. The van der Waals surface area contributed by atoms with Crippen LogP contribution in [0, 0.1) is 5.92 Å². The molecular formula is C10H9BrO2. The van der Waals surface area contributed by atoms with Gasteiger partial charge in [-0.3, -0.25) is 4.79 Å². The molecule has 1 aromatic carbocycles. The van der Waals surface area contributed by atoms with E-state index in [1.165, 1.54) is 0 Å². The van der Waals surface area contributed by atoms with E-state index in [9.17, 15) is 4.79 Å². The molecule has 0 bridgehead atoms. The van der Waals surface area contributed by atoms with Crippen molar-refractivity contribution in [1.82, 2.24) is 0 Å². The molecule has 1 aliphatic carbocycles. The Morgan fingerprint density at radius 1 is 1.46 bits per heavy atom. The van der Waals surface area contributed by atoms with Crippen molar-refractivity contribution in [2.75, 3.05) is 0 Å². The monoisotopic (exact) mass is 240 g/mol. The Morgan fingerprint density at radius 2 is 2.23 bits per heavy atom. The van der Waals surface area contributed by atoms with Crippen LogP contribution in [0.15, 0.2) is 28.7 Å². The van der Waals surface area contributed by atoms with Gasteiger partial charge in [0, 0.05) is 4.47 Å². The molecule has 0 N–H and O–H groups in total. The second-order valence-electron chi connectivity index (χ2n) is 3.15. The number of ether oxygens (including phenoxy) is 1. The van der Waals surface area contributed by atoms with Crippen LogP contribution >= 0.6 is 15.9 Å². The van der Waals surface area contributed by atoms with Gasteiger partial charge in [-0.2, -0.15) is 0 Å². The summed E-state index contributed by atoms with van der Waals surface area (Å²) < 4.78 is 6.07. The van der Waals surface area contributed by atoms with E-state index in [2.05, 4.69) is 15.9 Å². The van der Waals surface area contributed by atoms with Gasteiger partial charge in [-0.1, -0.05) is 22.0 Å². The highest BCUT2D eigenvalue weighted by molar-refractivity contribution is 9.10. The van der Waals surface area contributed by atoms with E-state index in [4.69, 9.17) is 4.74 Å². The van der Waals surface area contributed by atoms with E-state index in [1.807, 2.05) is 12.1 Å². The summed E-state index contributed by atoms with van der Waals surface area (Å²) in [4.78, 5) is 11.2. The fraction of sp³-hybridized carbons (Fsp3) is 0.300. The van der Waals surface area contributed by atoms with Gasteiger partial charge in [0.1, 0.15) is 5.75 Å². The Bertz CT molecular complexity index is 331. The molecule has 0 saturated heterocycles. The second kappa shape index (κ2) is 3.50. The maximum Gasteiger partial charge on any atom is 0.314 e. The molecule has 0 heterocycles. The van der Waals surface area contributed by atoms with E-state index in [-0.39, 0.29) is 11.9 Å². The van der Waals surface area contributed by atoms with Crippen molar-refractivity contribution < 1.29 is 9.53 Å². The number of esters is 1. The fourth-order valence-corrected chi connectivity index (χ4v) is 1.43. The molecule has 1 saturated carbocycles. The summed E-state index contributed by atoms with van der Waals surface area (Å²) in [6, 6.07) is 7.32. The minimum atomic E-state index is -0.0990. The highest BCUT2D eigenvalue weighted by Gasteiger charge is 2.31. The van der Waals surface area contributed by atoms with Crippen molar-refractivity contribution in [3.8, 4) is 5.75 Å². The van der Waals surface area contributed by atoms with Gasteiger partial charge in [0.15, 0.2) is 0 Å². The lowest BCUT2D eigenvalue weighted by molar-refractivity contribution is -0.135. The molecular weight excluding hydrogens is 232 g/mol. The predicted octanol–water partition coefficient (Wildman–Crippen LogP) is 2.76. The number of hydrogen-bond donors (Lipinski definition) is 0. The molecule has 2 rings (SSSR count). The lowest BCUT2D eigenvalue weighted by Gasteiger charge is -2.02. The molecule has 0 aliphatic heterocycles. The van der Waals surface area contributed by atoms with Gasteiger partial charge in [-0.15, -0.1) is 0 Å². The summed E-state index contributed by atoms with van der Waals surface area (Å²) in [7, 11) is 0. The first kappa shape index (κ1) is 8.75. The fourth-order valence-electron chi connectivity index (χ4n) is 1.05. The number of rotatable bonds is 2. The summed E-state index contributed by atoms with van der Waals surface area (Å²) in [5.41, 5.74) is 0. The first-order valence-electron chi connectivity index (χ1n) is 4.23. The zero-order chi connectivity index (χ0) is 9.26. The SMILES string of the molecule is O=C(Oc1cccc(Br)c1)C1CC1. The van der Waals surface area contributed by atoms with Crippen molar-refractivity contribution in [3.05, 3.63) is 28.7 Å². The Morgan fingerprint density at radius 3 is 2.85 bits per heavy atom. The van der Waals surface area contributed by atoms with Crippen LogP contribution in [-0.2, 0) is 4.79 Å². The zero-order valence-corrected chi connectivity index (χ0v) is 8.58. The number of benzene rings is 1. The third-order valence-electron chi connectivity index (χ3n) is 1.93. The van der Waals surface area contributed by atoms with Crippen molar-refractivity contribution in [3.63, 3.8) is 0 Å². The number of carbonyl (C=O) groups excluding carboxylic acids is 1. The van der Waals surface area contributed by atoms with Gasteiger partial charge in [0.2, 0.25) is 0 Å². The quantitative estimate of drug-likeness (QED) is 0.587. The molecule has 68 valence electrons. The lowest BCUT2D eigenvalue weighted by atomic mass is 10.3. The summed E-state index contributed by atoms with van der Waals surface area (Å²) in [5.74, 6) is 0.670. The van der Waals surface area contributed by atoms with Crippen LogP contribution in [0.5, 0.6) is 5.75 Å². The third kappa shape index (κ3) is 2.31. The van der Waals surface area contributed by atoms with Gasteiger partial charge in [0.05, 0.1) is 5.92 Å². The molecule has 1 fully saturated rings. The molecule has 3 heteroatoms. The number of halogens is 1. The van der Waals surface area contributed by atoms with Gasteiger partial charge in [-0.05, 0) is 31.0 Å². The molecule has 1 aliphatic rings. The van der Waals surface area contributed by atoms with Crippen molar-refractivity contribution in [2.24, 2.45) is 5.92 Å². The largest absolute Gasteiger partial charge is 0.426 e. The van der Waals surface area contributed by atoms with Gasteiger partial charge >= 0.3 is 5.97 Å². The van der Waals surface area contributed by atoms with Crippen LogP contribution in [0.25, 0.3) is 0 Å². The molecule has 0 unspecified atom stereocenters. The summed E-state index contributed by atoms with van der Waals surface area (Å²) in [6.45, 7) is 0. The van der Waals surface area contributed by atoms with E-state index in [1.54, 1.807) is 12.1 Å². The lowest BCUT2D eigenvalue weighted by Crippen LogP contribution is -2.09. The van der Waals surface area contributed by atoms with E-state index in [0.29, 0.717) is 5.75 Å². The van der Waals surface area contributed by atoms with Crippen LogP contribution in [-0.4, -0.2) is 5.97 Å². The van der Waals surface area contributed by atoms with Crippen LogP contribution in [0.3, 0.4) is 0 Å². The van der Waals surface area contributed by atoms with Crippen molar-refractivity contribution in [1.29, 1.82) is 0 Å². The molecule has 2 nitrogen and oxygen atoms in total. The molecule has 0 radical (unpaired) electrons. The van der Waals surface area contributed by atoms with Gasteiger partial charge < -0.3 is 4.74 Å². The standard InChI is InChI=1S/C10H9BrO2/c11-8-2-1-3-9(6-8)13-10(12)7-4-5-7/h1-3,6-7H,4-5H2. The average molecular weight is 241 g/mol. The Hall–Kier alpha value is -0.830. The third-order valence-corrected chi connectivity index (χ3v) is 2.42. The number of hydrogen-bond acceptors (Lipinski definition) is 2. The average Bonchev–Trinajstić information content (AvgIpc) is 2.85. The summed E-state index contributed by atoms with van der Waals surface area (Å²) >= 11 is 3.31. The first-order chi connectivity index (χ1) is 6.25. The minimum Gasteiger partial charge on any atom is -0.426 e. The maximum atomic E-state index is 11.2. The minimum absolute atomic E-state index is 0.0990. The number of carbonyl (C=O) groups is 1. The molecule has 0 amide bonds. The van der Waals surface area contributed by atoms with E-state index in [0.717, 1.165) is 17.3 Å². The van der Waals surface area contributed by atoms with Crippen LogP contribution in [0.2, 0.25) is 0 Å². The van der Waals surface area contributed by atoms with Crippen LogP contribution in [0.1, 0.15) is 12.8 Å². The van der Waals surface area contributed by atoms with E-state index >= 15 is 0 Å². The highest BCUT2D eigenvalue weighted by atomic mass is 79.9. The summed E-state index contributed by atoms with van der Waals surface area (Å²) in [5, 5.41) is 0.